The van der Waals surface area contributed by atoms with Gasteiger partial charge in [0.15, 0.2) is 0 Å². The number of carboxylic acids is 1. The molecule has 96 valence electrons. The number of aromatic nitrogens is 2. The normalized spacial score (nSPS) is 11.0. The summed E-state index contributed by atoms with van der Waals surface area (Å²) in [6.07, 6.45) is 4.25. The van der Waals surface area contributed by atoms with Crippen molar-refractivity contribution in [2.75, 3.05) is 0 Å². The highest BCUT2D eigenvalue weighted by Gasteiger charge is 2.14. The van der Waals surface area contributed by atoms with E-state index in [1.165, 1.54) is 11.3 Å². The van der Waals surface area contributed by atoms with Crippen LogP contribution in [0.5, 0.6) is 0 Å². The molecule has 2 heterocycles. The van der Waals surface area contributed by atoms with Gasteiger partial charge in [0.1, 0.15) is 10.7 Å². The van der Waals surface area contributed by atoms with E-state index in [-0.39, 0.29) is 0 Å². The lowest BCUT2D eigenvalue weighted by atomic mass is 10.1. The number of fused-ring (bicyclic) bond motifs is 1. The first-order valence-electron chi connectivity index (χ1n) is 5.88. The number of nitrogens with one attached hydrogen (secondary N) is 1. The maximum absolute atomic E-state index is 11.1. The van der Waals surface area contributed by atoms with E-state index in [0.717, 1.165) is 33.5 Å². The summed E-state index contributed by atoms with van der Waals surface area (Å²) in [4.78, 5) is 18.8. The van der Waals surface area contributed by atoms with Crippen molar-refractivity contribution in [1.29, 1.82) is 0 Å². The molecule has 0 bridgehead atoms. The van der Waals surface area contributed by atoms with Gasteiger partial charge >= 0.3 is 5.97 Å². The number of aromatic amines is 1. The number of carboxylic acid groups (broad SMARTS) is 1. The molecule has 5 heteroatoms. The Hall–Kier alpha value is -2.14. The largest absolute Gasteiger partial charge is 0.477 e. The number of H-pyrrole nitrogens is 1. The average molecular weight is 272 g/mol. The van der Waals surface area contributed by atoms with E-state index < -0.39 is 5.97 Å². The Morgan fingerprint density at radius 1 is 1.47 bits per heavy atom. The fourth-order valence-corrected chi connectivity index (χ4v) is 3.28. The van der Waals surface area contributed by atoms with Crippen molar-refractivity contribution < 1.29 is 9.90 Å². The van der Waals surface area contributed by atoms with Crippen LogP contribution in [0.3, 0.4) is 0 Å². The van der Waals surface area contributed by atoms with E-state index in [1.54, 1.807) is 12.4 Å². The van der Waals surface area contributed by atoms with Gasteiger partial charge in [0, 0.05) is 23.5 Å². The lowest BCUT2D eigenvalue weighted by molar-refractivity contribution is 0.0701. The van der Waals surface area contributed by atoms with Crippen molar-refractivity contribution in [3.8, 4) is 0 Å². The second-order valence-corrected chi connectivity index (χ2v) is 5.46. The maximum Gasteiger partial charge on any atom is 0.346 e. The van der Waals surface area contributed by atoms with E-state index in [0.29, 0.717) is 4.88 Å². The molecule has 0 spiro atoms. The van der Waals surface area contributed by atoms with Gasteiger partial charge in [-0.05, 0) is 29.5 Å². The average Bonchev–Trinajstić information content (AvgIpc) is 2.98. The van der Waals surface area contributed by atoms with Gasteiger partial charge in [-0.25, -0.2) is 9.78 Å². The molecule has 0 aliphatic rings. The van der Waals surface area contributed by atoms with Crippen LogP contribution in [0.15, 0.2) is 30.6 Å². The van der Waals surface area contributed by atoms with Gasteiger partial charge < -0.3 is 10.1 Å². The summed E-state index contributed by atoms with van der Waals surface area (Å²) in [5.74, 6) is 0.0531. The van der Waals surface area contributed by atoms with Gasteiger partial charge in [-0.1, -0.05) is 12.1 Å². The molecule has 3 aromatic rings. The number of nitrogens with zero attached hydrogens (tertiary/aromatic N) is 1. The zero-order valence-corrected chi connectivity index (χ0v) is 11.1. The number of imidazole rings is 1. The van der Waals surface area contributed by atoms with Crippen LogP contribution in [0.2, 0.25) is 0 Å². The second kappa shape index (κ2) is 4.51. The monoisotopic (exact) mass is 272 g/mol. The Balaban J connectivity index is 2.03. The Labute approximate surface area is 113 Å². The highest BCUT2D eigenvalue weighted by Crippen LogP contribution is 2.31. The first-order valence-corrected chi connectivity index (χ1v) is 6.70. The van der Waals surface area contributed by atoms with Crippen LogP contribution in [-0.2, 0) is 6.42 Å². The number of aromatic carboxylic acids is 1. The molecule has 0 radical (unpaired) electrons. The van der Waals surface area contributed by atoms with Crippen molar-refractivity contribution in [1.82, 2.24) is 9.97 Å². The molecule has 0 fully saturated rings. The van der Waals surface area contributed by atoms with Gasteiger partial charge in [0.25, 0.3) is 0 Å². The molecule has 0 saturated carbocycles. The zero-order valence-electron chi connectivity index (χ0n) is 10.3. The highest BCUT2D eigenvalue weighted by molar-refractivity contribution is 7.21. The van der Waals surface area contributed by atoms with Crippen molar-refractivity contribution in [2.45, 2.75) is 13.3 Å². The van der Waals surface area contributed by atoms with Gasteiger partial charge in [-0.2, -0.15) is 0 Å². The molecule has 19 heavy (non-hydrogen) atoms. The molecule has 0 unspecified atom stereocenters. The maximum atomic E-state index is 11.1. The molecular formula is C14H12N2O2S. The number of hydrogen-bond acceptors (Lipinski definition) is 3. The van der Waals surface area contributed by atoms with Crippen LogP contribution < -0.4 is 0 Å². The van der Waals surface area contributed by atoms with Crippen LogP contribution in [0.1, 0.15) is 26.6 Å². The van der Waals surface area contributed by atoms with Crippen LogP contribution in [0, 0.1) is 6.92 Å². The Bertz CT molecular complexity index is 744. The van der Waals surface area contributed by atoms with Crippen molar-refractivity contribution in [2.24, 2.45) is 0 Å². The molecule has 1 aromatic carbocycles. The molecule has 3 rings (SSSR count). The van der Waals surface area contributed by atoms with Gasteiger partial charge in [0.05, 0.1) is 0 Å². The Kier molecular flexibility index (Phi) is 2.83. The molecule has 0 saturated heterocycles. The molecule has 0 aliphatic heterocycles. The minimum Gasteiger partial charge on any atom is -0.477 e. The standard InChI is InChI=1S/C14H12N2O2S/c1-8-10-3-2-9(7-12-15-4-5-16-12)6-11(10)19-13(8)14(17)18/h2-6H,7H2,1H3,(H,15,16)(H,17,18). The van der Waals surface area contributed by atoms with Crippen LogP contribution >= 0.6 is 11.3 Å². The predicted octanol–water partition coefficient (Wildman–Crippen LogP) is 3.22. The fourth-order valence-electron chi connectivity index (χ4n) is 2.17. The van der Waals surface area contributed by atoms with Gasteiger partial charge in [0.2, 0.25) is 0 Å². The fraction of sp³-hybridized carbons (Fsp3) is 0.143. The SMILES string of the molecule is Cc1c(C(=O)O)sc2cc(Cc3ncc[nH]3)ccc12. The van der Waals surface area contributed by atoms with Crippen LogP contribution in [-0.4, -0.2) is 21.0 Å². The topological polar surface area (TPSA) is 66.0 Å². The van der Waals surface area contributed by atoms with Crippen molar-refractivity contribution in [3.05, 3.63) is 52.4 Å². The van der Waals surface area contributed by atoms with Crippen LogP contribution in [0.4, 0.5) is 0 Å². The molecular weight excluding hydrogens is 260 g/mol. The molecule has 2 N–H and O–H groups in total. The predicted molar refractivity (Wildman–Crippen MR) is 74.9 cm³/mol. The third kappa shape index (κ3) is 2.13. The Morgan fingerprint density at radius 2 is 2.32 bits per heavy atom. The summed E-state index contributed by atoms with van der Waals surface area (Å²) < 4.78 is 1.01. The smallest absolute Gasteiger partial charge is 0.346 e. The highest BCUT2D eigenvalue weighted by atomic mass is 32.1. The summed E-state index contributed by atoms with van der Waals surface area (Å²) in [6, 6.07) is 6.06. The Morgan fingerprint density at radius 3 is 3.00 bits per heavy atom. The third-order valence-corrected chi connectivity index (χ3v) is 4.37. The van der Waals surface area contributed by atoms with Gasteiger partial charge in [-0.15, -0.1) is 11.3 Å². The minimum absolute atomic E-state index is 0.421. The number of benzene rings is 1. The molecule has 2 aromatic heterocycles. The number of thiophene rings is 1. The number of aryl methyl sites for hydroxylation is 1. The van der Waals surface area contributed by atoms with Crippen molar-refractivity contribution in [3.63, 3.8) is 0 Å². The molecule has 0 atom stereocenters. The summed E-state index contributed by atoms with van der Waals surface area (Å²) >= 11 is 1.33. The summed E-state index contributed by atoms with van der Waals surface area (Å²) in [5.41, 5.74) is 1.97. The molecule has 0 aliphatic carbocycles. The number of hydrogen-bond donors (Lipinski definition) is 2. The zero-order chi connectivity index (χ0) is 13.4. The lowest BCUT2D eigenvalue weighted by Crippen LogP contribution is -1.93. The summed E-state index contributed by atoms with van der Waals surface area (Å²) in [7, 11) is 0. The summed E-state index contributed by atoms with van der Waals surface area (Å²) in [6.45, 7) is 1.86. The van der Waals surface area contributed by atoms with E-state index in [2.05, 4.69) is 9.97 Å². The summed E-state index contributed by atoms with van der Waals surface area (Å²) in [5, 5.41) is 10.2. The quantitative estimate of drug-likeness (QED) is 0.769. The number of carbonyl (C=O) groups is 1. The minimum atomic E-state index is -0.855. The second-order valence-electron chi connectivity index (χ2n) is 4.40. The van der Waals surface area contributed by atoms with Crippen molar-refractivity contribution >= 4 is 27.4 Å². The van der Waals surface area contributed by atoms with E-state index in [9.17, 15) is 4.79 Å². The first-order chi connectivity index (χ1) is 9.15. The van der Waals surface area contributed by atoms with Crippen LogP contribution in [0.25, 0.3) is 10.1 Å². The van der Waals surface area contributed by atoms with E-state index >= 15 is 0 Å². The lowest BCUT2D eigenvalue weighted by Gasteiger charge is -1.99. The van der Waals surface area contributed by atoms with Gasteiger partial charge in [-0.3, -0.25) is 0 Å². The molecule has 4 nitrogen and oxygen atoms in total. The van der Waals surface area contributed by atoms with E-state index in [1.807, 2.05) is 25.1 Å². The third-order valence-electron chi connectivity index (χ3n) is 3.12. The molecule has 0 amide bonds. The van der Waals surface area contributed by atoms with E-state index in [4.69, 9.17) is 5.11 Å². The first kappa shape index (κ1) is 11.9. The number of rotatable bonds is 3.